The minimum atomic E-state index is -1.05. The molecule has 1 aromatic rings. The number of carboxylic acids is 1. The molecule has 6 heteroatoms. The van der Waals surface area contributed by atoms with Crippen molar-refractivity contribution in [3.63, 3.8) is 0 Å². The van der Waals surface area contributed by atoms with Crippen molar-refractivity contribution in [3.8, 4) is 0 Å². The molecule has 76 valence electrons. The predicted molar refractivity (Wildman–Crippen MR) is 56.6 cm³/mol. The summed E-state index contributed by atoms with van der Waals surface area (Å²) in [7, 11) is 0. The average molecular weight is 278 g/mol. The van der Waals surface area contributed by atoms with Gasteiger partial charge in [0.15, 0.2) is 0 Å². The summed E-state index contributed by atoms with van der Waals surface area (Å²) >= 11 is 4.47. The molecular formula is C8H8BrNO3S. The highest BCUT2D eigenvalue weighted by molar-refractivity contribution is 9.10. The molecule has 0 aliphatic heterocycles. The van der Waals surface area contributed by atoms with Gasteiger partial charge in [-0.3, -0.25) is 9.59 Å². The maximum Gasteiger partial charge on any atom is 0.325 e. The molecule has 0 aromatic carbocycles. The van der Waals surface area contributed by atoms with E-state index >= 15 is 0 Å². The van der Waals surface area contributed by atoms with E-state index < -0.39 is 12.0 Å². The first-order valence-corrected chi connectivity index (χ1v) is 5.45. The van der Waals surface area contributed by atoms with Crippen LogP contribution in [-0.4, -0.2) is 23.0 Å². The lowest BCUT2D eigenvalue weighted by atomic mass is 10.3. The fourth-order valence-electron chi connectivity index (χ4n) is 0.762. The molecule has 1 heterocycles. The van der Waals surface area contributed by atoms with Gasteiger partial charge >= 0.3 is 5.97 Å². The second-order valence-electron chi connectivity index (χ2n) is 2.66. The summed E-state index contributed by atoms with van der Waals surface area (Å²) < 4.78 is 0.815. The van der Waals surface area contributed by atoms with Crippen molar-refractivity contribution in [2.24, 2.45) is 0 Å². The number of carbonyl (C=O) groups is 2. The van der Waals surface area contributed by atoms with E-state index in [1.807, 2.05) is 0 Å². The van der Waals surface area contributed by atoms with E-state index in [0.717, 1.165) is 4.47 Å². The number of carboxylic acid groups (broad SMARTS) is 1. The van der Waals surface area contributed by atoms with Crippen LogP contribution in [0.1, 0.15) is 16.6 Å². The Bertz CT molecular complexity index is 363. The van der Waals surface area contributed by atoms with Gasteiger partial charge in [0.25, 0.3) is 5.91 Å². The minimum Gasteiger partial charge on any atom is -0.480 e. The third kappa shape index (κ3) is 2.81. The quantitative estimate of drug-likeness (QED) is 0.884. The molecular weight excluding hydrogens is 270 g/mol. The Kier molecular flexibility index (Phi) is 3.65. The summed E-state index contributed by atoms with van der Waals surface area (Å²) in [5.41, 5.74) is 0. The first-order valence-electron chi connectivity index (χ1n) is 3.78. The number of thiophene rings is 1. The van der Waals surface area contributed by atoms with Crippen molar-refractivity contribution in [2.45, 2.75) is 13.0 Å². The number of nitrogens with one attached hydrogen (secondary N) is 1. The van der Waals surface area contributed by atoms with E-state index in [9.17, 15) is 9.59 Å². The van der Waals surface area contributed by atoms with Gasteiger partial charge in [-0.05, 0) is 28.9 Å². The summed E-state index contributed by atoms with van der Waals surface area (Å²) in [6.45, 7) is 1.42. The van der Waals surface area contributed by atoms with Gasteiger partial charge in [-0.1, -0.05) is 0 Å². The first kappa shape index (κ1) is 11.2. The molecule has 0 spiro atoms. The van der Waals surface area contributed by atoms with Crippen LogP contribution in [0.3, 0.4) is 0 Å². The number of carbonyl (C=O) groups excluding carboxylic acids is 1. The minimum absolute atomic E-state index is 0.365. The summed E-state index contributed by atoms with van der Waals surface area (Å²) in [5, 5.41) is 12.7. The Morgan fingerprint density at radius 3 is 2.71 bits per heavy atom. The van der Waals surface area contributed by atoms with E-state index in [1.54, 1.807) is 11.4 Å². The van der Waals surface area contributed by atoms with Gasteiger partial charge in [-0.15, -0.1) is 11.3 Å². The van der Waals surface area contributed by atoms with Crippen LogP contribution in [-0.2, 0) is 4.79 Å². The van der Waals surface area contributed by atoms with Crippen LogP contribution in [0, 0.1) is 0 Å². The Balaban J connectivity index is 2.63. The van der Waals surface area contributed by atoms with Crippen LogP contribution >= 0.6 is 27.3 Å². The molecule has 1 rings (SSSR count). The van der Waals surface area contributed by atoms with E-state index in [4.69, 9.17) is 5.11 Å². The lowest BCUT2D eigenvalue weighted by Crippen LogP contribution is -2.37. The largest absolute Gasteiger partial charge is 0.480 e. The number of hydrogen-bond acceptors (Lipinski definition) is 3. The predicted octanol–water partition coefficient (Wildman–Crippen LogP) is 1.71. The highest BCUT2D eigenvalue weighted by atomic mass is 79.9. The molecule has 0 saturated carbocycles. The average Bonchev–Trinajstić information content (AvgIpc) is 2.51. The van der Waals surface area contributed by atoms with Gasteiger partial charge in [0.05, 0.1) is 4.88 Å². The number of hydrogen-bond donors (Lipinski definition) is 2. The first-order chi connectivity index (χ1) is 6.50. The number of halogens is 1. The maximum absolute atomic E-state index is 11.4. The van der Waals surface area contributed by atoms with Crippen molar-refractivity contribution < 1.29 is 14.7 Å². The Hall–Kier alpha value is -0.880. The van der Waals surface area contributed by atoms with Gasteiger partial charge in [-0.25, -0.2) is 0 Å². The molecule has 4 nitrogen and oxygen atoms in total. The molecule has 0 radical (unpaired) electrons. The molecule has 0 aliphatic rings. The molecule has 1 amide bonds. The second kappa shape index (κ2) is 4.56. The molecule has 0 bridgehead atoms. The van der Waals surface area contributed by atoms with Crippen LogP contribution in [0.25, 0.3) is 0 Å². The normalized spacial score (nSPS) is 12.1. The molecule has 0 fully saturated rings. The van der Waals surface area contributed by atoms with Crippen molar-refractivity contribution in [1.82, 2.24) is 5.32 Å². The SMILES string of the molecule is CC(NC(=O)c1cc(Br)cs1)C(=O)O. The van der Waals surface area contributed by atoms with Gasteiger partial charge in [0, 0.05) is 9.85 Å². The Morgan fingerprint density at radius 2 is 2.29 bits per heavy atom. The van der Waals surface area contributed by atoms with Crippen molar-refractivity contribution >= 4 is 39.1 Å². The highest BCUT2D eigenvalue weighted by Gasteiger charge is 2.16. The fraction of sp³-hybridized carbons (Fsp3) is 0.250. The van der Waals surface area contributed by atoms with Crippen molar-refractivity contribution in [3.05, 3.63) is 20.8 Å². The lowest BCUT2D eigenvalue weighted by molar-refractivity contribution is -0.138. The zero-order valence-electron chi connectivity index (χ0n) is 7.28. The monoisotopic (exact) mass is 277 g/mol. The Labute approximate surface area is 93.1 Å². The lowest BCUT2D eigenvalue weighted by Gasteiger charge is -2.06. The molecule has 14 heavy (non-hydrogen) atoms. The third-order valence-corrected chi connectivity index (χ3v) is 3.20. The van der Waals surface area contributed by atoms with E-state index in [2.05, 4.69) is 21.2 Å². The molecule has 0 aliphatic carbocycles. The summed E-state index contributed by atoms with van der Waals surface area (Å²) in [6.07, 6.45) is 0. The smallest absolute Gasteiger partial charge is 0.325 e. The van der Waals surface area contributed by atoms with Crippen molar-refractivity contribution in [1.29, 1.82) is 0 Å². The van der Waals surface area contributed by atoms with Crippen LogP contribution in [0.15, 0.2) is 15.9 Å². The van der Waals surface area contributed by atoms with Gasteiger partial charge in [0.1, 0.15) is 6.04 Å². The highest BCUT2D eigenvalue weighted by Crippen LogP contribution is 2.19. The molecule has 1 aromatic heterocycles. The van der Waals surface area contributed by atoms with Gasteiger partial charge < -0.3 is 10.4 Å². The van der Waals surface area contributed by atoms with Gasteiger partial charge in [-0.2, -0.15) is 0 Å². The van der Waals surface area contributed by atoms with E-state index in [-0.39, 0.29) is 5.91 Å². The maximum atomic E-state index is 11.4. The number of rotatable bonds is 3. The number of amides is 1. The molecule has 2 N–H and O–H groups in total. The van der Waals surface area contributed by atoms with E-state index in [0.29, 0.717) is 4.88 Å². The summed E-state index contributed by atoms with van der Waals surface area (Å²) in [5.74, 6) is -1.41. The second-order valence-corrected chi connectivity index (χ2v) is 4.49. The van der Waals surface area contributed by atoms with Gasteiger partial charge in [0.2, 0.25) is 0 Å². The topological polar surface area (TPSA) is 66.4 Å². The fourth-order valence-corrected chi connectivity index (χ4v) is 2.09. The zero-order valence-corrected chi connectivity index (χ0v) is 9.68. The van der Waals surface area contributed by atoms with Crippen LogP contribution in [0.2, 0.25) is 0 Å². The van der Waals surface area contributed by atoms with Crippen LogP contribution in [0.5, 0.6) is 0 Å². The molecule has 0 saturated heterocycles. The van der Waals surface area contributed by atoms with Crippen LogP contribution < -0.4 is 5.32 Å². The zero-order chi connectivity index (χ0) is 10.7. The summed E-state index contributed by atoms with van der Waals surface area (Å²) in [4.78, 5) is 22.3. The summed E-state index contributed by atoms with van der Waals surface area (Å²) in [6, 6.07) is 0.776. The van der Waals surface area contributed by atoms with Crippen molar-refractivity contribution in [2.75, 3.05) is 0 Å². The Morgan fingerprint density at radius 1 is 1.64 bits per heavy atom. The standard InChI is InChI=1S/C8H8BrNO3S/c1-4(8(12)13)10-7(11)6-2-5(9)3-14-6/h2-4H,1H3,(H,10,11)(H,12,13). The number of aliphatic carboxylic acids is 1. The van der Waals surface area contributed by atoms with E-state index in [1.165, 1.54) is 18.3 Å². The van der Waals surface area contributed by atoms with Crippen LogP contribution in [0.4, 0.5) is 0 Å². The molecule has 1 unspecified atom stereocenters. The third-order valence-electron chi connectivity index (χ3n) is 1.51. The molecule has 1 atom stereocenters.